The molecule has 1 aromatic heterocycles. The number of aromatic nitrogens is 2. The zero-order valence-corrected chi connectivity index (χ0v) is 16.4. The molecule has 0 radical (unpaired) electrons. The van der Waals surface area contributed by atoms with Crippen molar-refractivity contribution in [2.45, 2.75) is 30.2 Å². The molecule has 1 atom stereocenters. The number of aryl methyl sites for hydroxylation is 1. The van der Waals surface area contributed by atoms with Crippen molar-refractivity contribution in [3.05, 3.63) is 60.0 Å². The number of benzene rings is 2. The Morgan fingerprint density at radius 1 is 1.25 bits per heavy atom. The number of carbonyl (C=O) groups is 1. The number of rotatable bonds is 6. The molecule has 1 aliphatic rings. The first kappa shape index (κ1) is 18.6. The van der Waals surface area contributed by atoms with Crippen LogP contribution in [0.15, 0.2) is 57.9 Å². The van der Waals surface area contributed by atoms with Crippen LogP contribution in [-0.4, -0.2) is 28.9 Å². The quantitative estimate of drug-likeness (QED) is 0.679. The lowest BCUT2D eigenvalue weighted by Gasteiger charge is -2.25. The molecule has 0 fully saturated rings. The van der Waals surface area contributed by atoms with Gasteiger partial charge in [-0.2, -0.15) is 4.98 Å². The van der Waals surface area contributed by atoms with Crippen molar-refractivity contribution in [3.63, 3.8) is 0 Å². The molecular formula is C21H21N3O3S. The highest BCUT2D eigenvalue weighted by molar-refractivity contribution is 7.99. The fourth-order valence-corrected chi connectivity index (χ4v) is 4.32. The SMILES string of the molecule is COc1ccc(-c2noc(CCC(=O)NC3CCSc4ccccc43)n2)cc1. The third-order valence-electron chi connectivity index (χ3n) is 4.68. The van der Waals surface area contributed by atoms with Gasteiger partial charge in [0.05, 0.1) is 13.2 Å². The molecule has 0 spiro atoms. The van der Waals surface area contributed by atoms with E-state index in [1.54, 1.807) is 7.11 Å². The van der Waals surface area contributed by atoms with Crippen LogP contribution in [-0.2, 0) is 11.2 Å². The van der Waals surface area contributed by atoms with Gasteiger partial charge in [-0.15, -0.1) is 11.8 Å². The van der Waals surface area contributed by atoms with Gasteiger partial charge in [-0.3, -0.25) is 4.79 Å². The maximum atomic E-state index is 12.4. The fourth-order valence-electron chi connectivity index (χ4n) is 3.19. The van der Waals surface area contributed by atoms with Crippen molar-refractivity contribution in [1.82, 2.24) is 15.5 Å². The van der Waals surface area contributed by atoms with Crippen LogP contribution in [0, 0.1) is 0 Å². The smallest absolute Gasteiger partial charge is 0.227 e. The predicted molar refractivity (Wildman–Crippen MR) is 107 cm³/mol. The van der Waals surface area contributed by atoms with Crippen LogP contribution < -0.4 is 10.1 Å². The fraction of sp³-hybridized carbons (Fsp3) is 0.286. The lowest BCUT2D eigenvalue weighted by atomic mass is 10.0. The van der Waals surface area contributed by atoms with E-state index in [-0.39, 0.29) is 11.9 Å². The molecule has 0 aliphatic carbocycles. The number of thioether (sulfide) groups is 1. The molecule has 3 aromatic rings. The van der Waals surface area contributed by atoms with Crippen molar-refractivity contribution in [1.29, 1.82) is 0 Å². The third kappa shape index (κ3) is 4.20. The Balaban J connectivity index is 1.34. The van der Waals surface area contributed by atoms with Gasteiger partial charge in [0.25, 0.3) is 0 Å². The summed E-state index contributed by atoms with van der Waals surface area (Å²) in [7, 11) is 1.62. The van der Waals surface area contributed by atoms with Crippen LogP contribution in [0.3, 0.4) is 0 Å². The second-order valence-corrected chi connectivity index (χ2v) is 7.67. The average molecular weight is 395 g/mol. The Kier molecular flexibility index (Phi) is 5.62. The average Bonchev–Trinajstić information content (AvgIpc) is 3.22. The minimum atomic E-state index is -0.00380. The van der Waals surface area contributed by atoms with Crippen molar-refractivity contribution in [2.75, 3.05) is 12.9 Å². The molecule has 1 N–H and O–H groups in total. The summed E-state index contributed by atoms with van der Waals surface area (Å²) in [5, 5.41) is 7.14. The zero-order chi connectivity index (χ0) is 19.3. The first-order valence-corrected chi connectivity index (χ1v) is 10.2. The Morgan fingerprint density at radius 2 is 2.07 bits per heavy atom. The number of fused-ring (bicyclic) bond motifs is 1. The number of hydrogen-bond donors (Lipinski definition) is 1. The Morgan fingerprint density at radius 3 is 2.89 bits per heavy atom. The minimum Gasteiger partial charge on any atom is -0.497 e. The van der Waals surface area contributed by atoms with E-state index in [1.807, 2.05) is 48.2 Å². The lowest BCUT2D eigenvalue weighted by Crippen LogP contribution is -2.30. The van der Waals surface area contributed by atoms with Gasteiger partial charge in [-0.25, -0.2) is 0 Å². The number of methoxy groups -OCH3 is 1. The van der Waals surface area contributed by atoms with Crippen molar-refractivity contribution < 1.29 is 14.1 Å². The minimum absolute atomic E-state index is 0.00380. The van der Waals surface area contributed by atoms with E-state index in [4.69, 9.17) is 9.26 Å². The molecule has 6 nitrogen and oxygen atoms in total. The highest BCUT2D eigenvalue weighted by atomic mass is 32.2. The summed E-state index contributed by atoms with van der Waals surface area (Å²) in [4.78, 5) is 18.1. The van der Waals surface area contributed by atoms with Gasteiger partial charge < -0.3 is 14.6 Å². The molecule has 1 amide bonds. The van der Waals surface area contributed by atoms with Gasteiger partial charge in [0.15, 0.2) is 0 Å². The standard InChI is InChI=1S/C21H21N3O3S/c1-26-15-8-6-14(7-9-15)21-23-20(27-24-21)11-10-19(25)22-17-12-13-28-18-5-3-2-4-16(17)18/h2-9,17H,10-13H2,1H3,(H,22,25). The number of amides is 1. The van der Waals surface area contributed by atoms with Crippen LogP contribution in [0.25, 0.3) is 11.4 Å². The molecule has 7 heteroatoms. The van der Waals surface area contributed by atoms with Gasteiger partial charge in [-0.1, -0.05) is 23.4 Å². The number of nitrogens with zero attached hydrogens (tertiary/aromatic N) is 2. The second-order valence-electron chi connectivity index (χ2n) is 6.54. The van der Waals surface area contributed by atoms with E-state index in [0.717, 1.165) is 23.5 Å². The topological polar surface area (TPSA) is 77.2 Å². The van der Waals surface area contributed by atoms with Crippen LogP contribution in [0.4, 0.5) is 0 Å². The zero-order valence-electron chi connectivity index (χ0n) is 15.6. The lowest BCUT2D eigenvalue weighted by molar-refractivity contribution is -0.121. The van der Waals surface area contributed by atoms with Crippen molar-refractivity contribution >= 4 is 17.7 Å². The maximum Gasteiger partial charge on any atom is 0.227 e. The van der Waals surface area contributed by atoms with Gasteiger partial charge in [0, 0.05) is 29.1 Å². The Bertz CT molecular complexity index is 956. The van der Waals surface area contributed by atoms with Gasteiger partial charge in [0.1, 0.15) is 5.75 Å². The van der Waals surface area contributed by atoms with Crippen LogP contribution in [0.2, 0.25) is 0 Å². The molecule has 4 rings (SSSR count). The molecule has 2 heterocycles. The molecule has 1 unspecified atom stereocenters. The summed E-state index contributed by atoms with van der Waals surface area (Å²) >= 11 is 1.84. The first-order valence-electron chi connectivity index (χ1n) is 9.21. The number of ether oxygens (including phenoxy) is 1. The number of carbonyl (C=O) groups excluding carboxylic acids is 1. The molecule has 0 saturated heterocycles. The molecule has 1 aliphatic heterocycles. The highest BCUT2D eigenvalue weighted by Gasteiger charge is 2.22. The molecule has 0 saturated carbocycles. The largest absolute Gasteiger partial charge is 0.497 e. The van der Waals surface area contributed by atoms with E-state index in [2.05, 4.69) is 27.6 Å². The number of hydrogen-bond acceptors (Lipinski definition) is 6. The third-order valence-corrected chi connectivity index (χ3v) is 5.80. The summed E-state index contributed by atoms with van der Waals surface area (Å²) in [5.41, 5.74) is 2.04. The number of nitrogens with one attached hydrogen (secondary N) is 1. The molecular weight excluding hydrogens is 374 g/mol. The maximum absolute atomic E-state index is 12.4. The molecule has 144 valence electrons. The van der Waals surface area contributed by atoms with Crippen LogP contribution in [0.1, 0.15) is 30.3 Å². The van der Waals surface area contributed by atoms with Crippen molar-refractivity contribution in [3.8, 4) is 17.1 Å². The van der Waals surface area contributed by atoms with Crippen LogP contribution in [0.5, 0.6) is 5.75 Å². The highest BCUT2D eigenvalue weighted by Crippen LogP contribution is 2.35. The summed E-state index contributed by atoms with van der Waals surface area (Å²) in [6.45, 7) is 0. The summed E-state index contributed by atoms with van der Waals surface area (Å²) < 4.78 is 10.4. The molecule has 28 heavy (non-hydrogen) atoms. The first-order chi connectivity index (χ1) is 13.7. The van der Waals surface area contributed by atoms with E-state index < -0.39 is 0 Å². The normalized spacial score (nSPS) is 15.7. The molecule has 0 bridgehead atoms. The van der Waals surface area contributed by atoms with Gasteiger partial charge >= 0.3 is 0 Å². The van der Waals surface area contributed by atoms with Gasteiger partial charge in [0.2, 0.25) is 17.6 Å². The van der Waals surface area contributed by atoms with E-state index in [1.165, 1.54) is 10.5 Å². The summed E-state index contributed by atoms with van der Waals surface area (Å²) in [5.74, 6) is 2.75. The van der Waals surface area contributed by atoms with Crippen LogP contribution >= 0.6 is 11.8 Å². The van der Waals surface area contributed by atoms with E-state index in [9.17, 15) is 4.79 Å². The predicted octanol–water partition coefficient (Wildman–Crippen LogP) is 4.03. The Hall–Kier alpha value is -2.80. The summed E-state index contributed by atoms with van der Waals surface area (Å²) in [6, 6.07) is 15.8. The van der Waals surface area contributed by atoms with Gasteiger partial charge in [-0.05, 0) is 42.3 Å². The Labute approximate surface area is 167 Å². The monoisotopic (exact) mass is 395 g/mol. The second kappa shape index (κ2) is 8.48. The van der Waals surface area contributed by atoms with E-state index >= 15 is 0 Å². The molecule has 2 aromatic carbocycles. The van der Waals surface area contributed by atoms with E-state index in [0.29, 0.717) is 24.6 Å². The van der Waals surface area contributed by atoms with Crippen molar-refractivity contribution in [2.24, 2.45) is 0 Å². The summed E-state index contributed by atoms with van der Waals surface area (Å²) in [6.07, 6.45) is 1.67.